The molecule has 1 aliphatic heterocycles. The Labute approximate surface area is 149 Å². The maximum absolute atomic E-state index is 12.8. The lowest BCUT2D eigenvalue weighted by Gasteiger charge is -2.33. The molecule has 2 rings (SSSR count). The van der Waals surface area contributed by atoms with Gasteiger partial charge in [-0.05, 0) is 49.3 Å². The van der Waals surface area contributed by atoms with E-state index in [2.05, 4.69) is 11.6 Å². The third-order valence-corrected chi connectivity index (χ3v) is 6.36. The lowest BCUT2D eigenvalue weighted by atomic mass is 9.99. The Morgan fingerprint density at radius 3 is 2.71 bits per heavy atom. The molecule has 1 heterocycles. The van der Waals surface area contributed by atoms with Gasteiger partial charge < -0.3 is 4.90 Å². The van der Waals surface area contributed by atoms with Gasteiger partial charge in [0.15, 0.2) is 0 Å². The van der Waals surface area contributed by atoms with Gasteiger partial charge in [-0.15, -0.1) is 0 Å². The summed E-state index contributed by atoms with van der Waals surface area (Å²) in [6.45, 7) is 3.55. The summed E-state index contributed by atoms with van der Waals surface area (Å²) in [6, 6.07) is 7.51. The highest BCUT2D eigenvalue weighted by atomic mass is 32.2. The topological polar surface area (TPSA) is 66.5 Å². The molecular weight excluding hydrogens is 344 g/mol. The highest BCUT2D eigenvalue weighted by Crippen LogP contribution is 2.18. The van der Waals surface area contributed by atoms with Gasteiger partial charge in [0.05, 0.1) is 4.90 Å². The number of piperidine rings is 1. The SMILES string of the molecule is CSCCC(NS(=O)(=O)c1ccccc1)C(=O)N1CCCC(C)C1. The molecule has 0 spiro atoms. The number of benzene rings is 1. The second-order valence-electron chi connectivity index (χ2n) is 6.30. The zero-order chi connectivity index (χ0) is 17.6. The van der Waals surface area contributed by atoms with Crippen molar-refractivity contribution in [1.82, 2.24) is 9.62 Å². The number of hydrogen-bond acceptors (Lipinski definition) is 4. The summed E-state index contributed by atoms with van der Waals surface area (Å²) < 4.78 is 27.8. The number of carbonyl (C=O) groups excluding carboxylic acids is 1. The Bertz CT molecular complexity index is 634. The molecule has 2 atom stereocenters. The lowest BCUT2D eigenvalue weighted by Crippen LogP contribution is -2.51. The summed E-state index contributed by atoms with van der Waals surface area (Å²) in [5.41, 5.74) is 0. The number of likely N-dealkylation sites (tertiary alicyclic amines) is 1. The van der Waals surface area contributed by atoms with E-state index in [1.165, 1.54) is 0 Å². The molecule has 134 valence electrons. The molecule has 24 heavy (non-hydrogen) atoms. The smallest absolute Gasteiger partial charge is 0.241 e. The first-order valence-corrected chi connectivity index (χ1v) is 11.2. The minimum Gasteiger partial charge on any atom is -0.341 e. The van der Waals surface area contributed by atoms with E-state index in [-0.39, 0.29) is 10.8 Å². The molecule has 0 aliphatic carbocycles. The van der Waals surface area contributed by atoms with Crippen LogP contribution in [-0.2, 0) is 14.8 Å². The average Bonchev–Trinajstić information content (AvgIpc) is 2.58. The Morgan fingerprint density at radius 2 is 2.08 bits per heavy atom. The third kappa shape index (κ3) is 5.22. The number of nitrogens with zero attached hydrogens (tertiary/aromatic N) is 1. The number of thioether (sulfide) groups is 1. The molecule has 1 N–H and O–H groups in total. The molecule has 0 radical (unpaired) electrons. The zero-order valence-electron chi connectivity index (χ0n) is 14.3. The van der Waals surface area contributed by atoms with Crippen molar-refractivity contribution in [3.63, 3.8) is 0 Å². The molecule has 1 aromatic rings. The van der Waals surface area contributed by atoms with E-state index in [0.29, 0.717) is 25.4 Å². The van der Waals surface area contributed by atoms with Gasteiger partial charge in [-0.25, -0.2) is 8.42 Å². The molecule has 1 saturated heterocycles. The van der Waals surface area contributed by atoms with Crippen molar-refractivity contribution in [2.45, 2.75) is 37.1 Å². The summed E-state index contributed by atoms with van der Waals surface area (Å²) in [6.07, 6.45) is 4.55. The fourth-order valence-electron chi connectivity index (χ4n) is 2.93. The van der Waals surface area contributed by atoms with E-state index in [0.717, 1.165) is 18.6 Å². The van der Waals surface area contributed by atoms with Gasteiger partial charge in [0.25, 0.3) is 0 Å². The minimum absolute atomic E-state index is 0.102. The van der Waals surface area contributed by atoms with Crippen LogP contribution >= 0.6 is 11.8 Å². The molecule has 0 aromatic heterocycles. The van der Waals surface area contributed by atoms with Gasteiger partial charge in [-0.2, -0.15) is 16.5 Å². The Kier molecular flexibility index (Phi) is 7.13. The molecule has 2 unspecified atom stereocenters. The van der Waals surface area contributed by atoms with Crippen molar-refractivity contribution >= 4 is 27.7 Å². The number of nitrogens with one attached hydrogen (secondary N) is 1. The molecule has 5 nitrogen and oxygen atoms in total. The van der Waals surface area contributed by atoms with Crippen LogP contribution in [0.5, 0.6) is 0 Å². The Hall–Kier alpha value is -1.05. The molecule has 0 saturated carbocycles. The van der Waals surface area contributed by atoms with E-state index in [9.17, 15) is 13.2 Å². The van der Waals surface area contributed by atoms with Crippen LogP contribution in [0.3, 0.4) is 0 Å². The van der Waals surface area contributed by atoms with Crippen molar-refractivity contribution in [3.8, 4) is 0 Å². The maximum atomic E-state index is 12.8. The van der Waals surface area contributed by atoms with Crippen LogP contribution in [0.2, 0.25) is 0 Å². The van der Waals surface area contributed by atoms with E-state index >= 15 is 0 Å². The van der Waals surface area contributed by atoms with Crippen molar-refractivity contribution in [2.24, 2.45) is 5.92 Å². The van der Waals surface area contributed by atoms with E-state index in [1.807, 2.05) is 11.2 Å². The first kappa shape index (κ1) is 19.3. The van der Waals surface area contributed by atoms with Crippen LogP contribution in [0.15, 0.2) is 35.2 Å². The van der Waals surface area contributed by atoms with Gasteiger partial charge in [0.2, 0.25) is 15.9 Å². The van der Waals surface area contributed by atoms with Crippen molar-refractivity contribution in [3.05, 3.63) is 30.3 Å². The number of hydrogen-bond donors (Lipinski definition) is 1. The van der Waals surface area contributed by atoms with Gasteiger partial charge in [0, 0.05) is 13.1 Å². The van der Waals surface area contributed by atoms with Crippen molar-refractivity contribution in [1.29, 1.82) is 0 Å². The predicted octanol–water partition coefficient (Wildman–Crippen LogP) is 2.35. The van der Waals surface area contributed by atoms with Crippen molar-refractivity contribution in [2.75, 3.05) is 25.1 Å². The summed E-state index contributed by atoms with van der Waals surface area (Å²) >= 11 is 1.61. The Morgan fingerprint density at radius 1 is 1.38 bits per heavy atom. The standard InChI is InChI=1S/C17H26N2O3S2/c1-14-7-6-11-19(13-14)17(20)16(10-12-23-2)18-24(21,22)15-8-4-3-5-9-15/h3-5,8-9,14,16,18H,6-7,10-13H2,1-2H3. The largest absolute Gasteiger partial charge is 0.341 e. The van der Waals surface area contributed by atoms with Crippen LogP contribution in [0.1, 0.15) is 26.2 Å². The maximum Gasteiger partial charge on any atom is 0.241 e. The second kappa shape index (κ2) is 8.87. The van der Waals surface area contributed by atoms with Gasteiger partial charge in [-0.1, -0.05) is 25.1 Å². The average molecular weight is 371 g/mol. The van der Waals surface area contributed by atoms with E-state index < -0.39 is 16.1 Å². The molecule has 1 aliphatic rings. The van der Waals surface area contributed by atoms with Crippen LogP contribution < -0.4 is 4.72 Å². The van der Waals surface area contributed by atoms with Crippen LogP contribution in [0.25, 0.3) is 0 Å². The van der Waals surface area contributed by atoms with Gasteiger partial charge >= 0.3 is 0 Å². The van der Waals surface area contributed by atoms with Crippen LogP contribution in [-0.4, -0.2) is 50.4 Å². The lowest BCUT2D eigenvalue weighted by molar-refractivity contribution is -0.134. The minimum atomic E-state index is -3.69. The molecular formula is C17H26N2O3S2. The highest BCUT2D eigenvalue weighted by molar-refractivity contribution is 7.98. The predicted molar refractivity (Wildman–Crippen MR) is 98.5 cm³/mol. The first-order chi connectivity index (χ1) is 11.4. The third-order valence-electron chi connectivity index (χ3n) is 4.23. The van der Waals surface area contributed by atoms with Crippen LogP contribution in [0.4, 0.5) is 0 Å². The quantitative estimate of drug-likeness (QED) is 0.800. The van der Waals surface area contributed by atoms with Crippen molar-refractivity contribution < 1.29 is 13.2 Å². The van der Waals surface area contributed by atoms with Crippen LogP contribution in [0, 0.1) is 5.92 Å². The Balaban J connectivity index is 2.14. The fraction of sp³-hybridized carbons (Fsp3) is 0.588. The van der Waals surface area contributed by atoms with E-state index in [4.69, 9.17) is 0 Å². The number of sulfonamides is 1. The number of amides is 1. The first-order valence-electron chi connectivity index (χ1n) is 8.29. The number of rotatable bonds is 7. The molecule has 0 bridgehead atoms. The summed E-state index contributed by atoms with van der Waals surface area (Å²) in [5.74, 6) is 1.10. The van der Waals surface area contributed by atoms with E-state index in [1.54, 1.807) is 42.1 Å². The second-order valence-corrected chi connectivity index (χ2v) is 9.00. The monoisotopic (exact) mass is 370 g/mol. The zero-order valence-corrected chi connectivity index (χ0v) is 15.9. The van der Waals surface area contributed by atoms with Gasteiger partial charge in [-0.3, -0.25) is 4.79 Å². The molecule has 1 fully saturated rings. The molecule has 1 amide bonds. The summed E-state index contributed by atoms with van der Waals surface area (Å²) in [4.78, 5) is 14.9. The fourth-order valence-corrected chi connectivity index (χ4v) is 4.65. The normalized spacial score (nSPS) is 19.9. The highest BCUT2D eigenvalue weighted by Gasteiger charge is 2.30. The van der Waals surface area contributed by atoms with Gasteiger partial charge in [0.1, 0.15) is 6.04 Å². The molecule has 1 aromatic carbocycles. The summed E-state index contributed by atoms with van der Waals surface area (Å²) in [5, 5.41) is 0. The summed E-state index contributed by atoms with van der Waals surface area (Å²) in [7, 11) is -3.69. The number of carbonyl (C=O) groups is 1. The molecule has 7 heteroatoms.